The number of likely N-dealkylation sites (tertiary alicyclic amines) is 1. The van der Waals surface area contributed by atoms with Crippen molar-refractivity contribution in [2.24, 2.45) is 5.92 Å². The van der Waals surface area contributed by atoms with Gasteiger partial charge in [-0.3, -0.25) is 4.79 Å². The summed E-state index contributed by atoms with van der Waals surface area (Å²) in [6.07, 6.45) is 2.30. The smallest absolute Gasteiger partial charge is 0.345 e. The van der Waals surface area contributed by atoms with Gasteiger partial charge in [0.1, 0.15) is 4.88 Å². The van der Waals surface area contributed by atoms with E-state index in [4.69, 9.17) is 5.11 Å². The van der Waals surface area contributed by atoms with E-state index < -0.39 is 5.97 Å². The molecule has 0 spiro atoms. The molecule has 6 heteroatoms. The highest BCUT2D eigenvalue weighted by atomic mass is 32.1. The maximum atomic E-state index is 11.9. The third kappa shape index (κ3) is 3.78. The summed E-state index contributed by atoms with van der Waals surface area (Å²) in [7, 11) is 2.09. The van der Waals surface area contributed by atoms with Gasteiger partial charge in [-0.05, 0) is 44.5 Å². The minimum absolute atomic E-state index is 0.175. The minimum Gasteiger partial charge on any atom is -0.477 e. The monoisotopic (exact) mass is 282 g/mol. The summed E-state index contributed by atoms with van der Waals surface area (Å²) in [5, 5.41) is 11.7. The lowest BCUT2D eigenvalue weighted by Crippen LogP contribution is -2.38. The number of carboxylic acids is 1. The van der Waals surface area contributed by atoms with Crippen molar-refractivity contribution >= 4 is 23.2 Å². The molecule has 1 unspecified atom stereocenters. The molecule has 2 N–H and O–H groups in total. The van der Waals surface area contributed by atoms with Crippen LogP contribution in [0.15, 0.2) is 12.1 Å². The van der Waals surface area contributed by atoms with Crippen LogP contribution in [0.3, 0.4) is 0 Å². The highest BCUT2D eigenvalue weighted by Crippen LogP contribution is 2.17. The average molecular weight is 282 g/mol. The third-order valence-corrected chi connectivity index (χ3v) is 4.39. The van der Waals surface area contributed by atoms with Crippen molar-refractivity contribution in [1.82, 2.24) is 10.2 Å². The van der Waals surface area contributed by atoms with Crippen LogP contribution in [-0.2, 0) is 0 Å². The molecule has 1 aliphatic heterocycles. The van der Waals surface area contributed by atoms with Gasteiger partial charge in [0.05, 0.1) is 4.88 Å². The van der Waals surface area contributed by atoms with Crippen LogP contribution >= 0.6 is 11.3 Å². The van der Waals surface area contributed by atoms with Crippen LogP contribution in [0.25, 0.3) is 0 Å². The van der Waals surface area contributed by atoms with Crippen LogP contribution in [-0.4, -0.2) is 48.6 Å². The Balaban J connectivity index is 1.85. The number of thiophene rings is 1. The normalized spacial score (nSPS) is 20.2. The van der Waals surface area contributed by atoms with E-state index in [-0.39, 0.29) is 10.8 Å². The molecule has 104 valence electrons. The summed E-state index contributed by atoms with van der Waals surface area (Å²) < 4.78 is 0. The third-order valence-electron chi connectivity index (χ3n) is 3.31. The molecule has 1 aromatic heterocycles. The van der Waals surface area contributed by atoms with E-state index in [1.54, 1.807) is 6.07 Å². The number of nitrogens with one attached hydrogen (secondary N) is 1. The molecule has 0 aromatic carbocycles. The van der Waals surface area contributed by atoms with Crippen LogP contribution in [0.4, 0.5) is 0 Å². The number of carbonyl (C=O) groups is 2. The second-order valence-electron chi connectivity index (χ2n) is 4.95. The van der Waals surface area contributed by atoms with E-state index in [0.717, 1.165) is 30.8 Å². The molecular formula is C13H18N2O3S. The van der Waals surface area contributed by atoms with Crippen molar-refractivity contribution in [2.75, 3.05) is 26.7 Å². The van der Waals surface area contributed by atoms with E-state index in [9.17, 15) is 9.59 Å². The summed E-state index contributed by atoms with van der Waals surface area (Å²) >= 11 is 1.01. The van der Waals surface area contributed by atoms with Crippen molar-refractivity contribution in [1.29, 1.82) is 0 Å². The van der Waals surface area contributed by atoms with Gasteiger partial charge in [0.2, 0.25) is 0 Å². The number of rotatable bonds is 4. The fourth-order valence-electron chi connectivity index (χ4n) is 2.34. The fourth-order valence-corrected chi connectivity index (χ4v) is 3.10. The first-order valence-corrected chi connectivity index (χ1v) is 7.18. The zero-order valence-corrected chi connectivity index (χ0v) is 11.7. The van der Waals surface area contributed by atoms with Crippen molar-refractivity contribution < 1.29 is 14.7 Å². The Kier molecular flexibility index (Phi) is 4.55. The van der Waals surface area contributed by atoms with Gasteiger partial charge in [0.15, 0.2) is 0 Å². The van der Waals surface area contributed by atoms with Crippen molar-refractivity contribution in [3.8, 4) is 0 Å². The average Bonchev–Trinajstić information content (AvgIpc) is 2.86. The van der Waals surface area contributed by atoms with E-state index in [1.165, 1.54) is 12.5 Å². The number of carbonyl (C=O) groups excluding carboxylic acids is 1. The van der Waals surface area contributed by atoms with Crippen molar-refractivity contribution in [3.05, 3.63) is 21.9 Å². The Morgan fingerprint density at radius 3 is 2.84 bits per heavy atom. The molecule has 1 saturated heterocycles. The molecule has 2 heterocycles. The van der Waals surface area contributed by atoms with Gasteiger partial charge in [-0.25, -0.2) is 4.79 Å². The van der Waals surface area contributed by atoms with Crippen LogP contribution in [0, 0.1) is 5.92 Å². The van der Waals surface area contributed by atoms with E-state index in [0.29, 0.717) is 17.3 Å². The van der Waals surface area contributed by atoms with Crippen molar-refractivity contribution in [2.45, 2.75) is 12.8 Å². The second kappa shape index (κ2) is 6.16. The van der Waals surface area contributed by atoms with Crippen molar-refractivity contribution in [3.63, 3.8) is 0 Å². The number of hydrogen-bond donors (Lipinski definition) is 2. The van der Waals surface area contributed by atoms with Gasteiger partial charge < -0.3 is 15.3 Å². The first-order valence-electron chi connectivity index (χ1n) is 6.36. The first-order chi connectivity index (χ1) is 9.06. The molecule has 0 aliphatic carbocycles. The maximum absolute atomic E-state index is 11.9. The number of amides is 1. The maximum Gasteiger partial charge on any atom is 0.345 e. The summed E-state index contributed by atoms with van der Waals surface area (Å²) in [6, 6.07) is 3.03. The van der Waals surface area contributed by atoms with E-state index >= 15 is 0 Å². The van der Waals surface area contributed by atoms with Crippen LogP contribution in [0.2, 0.25) is 0 Å². The number of hydrogen-bond acceptors (Lipinski definition) is 4. The summed E-state index contributed by atoms with van der Waals surface area (Å²) in [5.41, 5.74) is 0. The summed E-state index contributed by atoms with van der Waals surface area (Å²) in [5.74, 6) is -0.676. The number of piperidine rings is 1. The Morgan fingerprint density at radius 2 is 2.21 bits per heavy atom. The highest BCUT2D eigenvalue weighted by Gasteiger charge is 2.19. The lowest BCUT2D eigenvalue weighted by Gasteiger charge is -2.29. The lowest BCUT2D eigenvalue weighted by molar-refractivity contribution is 0.0702. The Bertz CT molecular complexity index is 472. The highest BCUT2D eigenvalue weighted by molar-refractivity contribution is 7.15. The second-order valence-corrected chi connectivity index (χ2v) is 6.03. The number of aromatic carboxylic acids is 1. The minimum atomic E-state index is -0.988. The van der Waals surface area contributed by atoms with E-state index in [2.05, 4.69) is 17.3 Å². The van der Waals surface area contributed by atoms with Crippen LogP contribution in [0.1, 0.15) is 32.2 Å². The largest absolute Gasteiger partial charge is 0.477 e. The molecule has 1 aromatic rings. The summed E-state index contributed by atoms with van der Waals surface area (Å²) in [4.78, 5) is 25.6. The van der Waals surface area contributed by atoms with Gasteiger partial charge in [0.25, 0.3) is 5.91 Å². The van der Waals surface area contributed by atoms with Gasteiger partial charge >= 0.3 is 5.97 Å². The first kappa shape index (κ1) is 14.0. The SMILES string of the molecule is CN1CCCC(CNC(=O)c2ccc(C(=O)O)s2)C1. The van der Waals surface area contributed by atoms with Gasteiger partial charge in [-0.1, -0.05) is 0 Å². The van der Waals surface area contributed by atoms with Gasteiger partial charge in [-0.15, -0.1) is 11.3 Å². The molecule has 0 saturated carbocycles. The quantitative estimate of drug-likeness (QED) is 0.878. The number of nitrogens with zero attached hydrogens (tertiary/aromatic N) is 1. The number of carboxylic acid groups (broad SMARTS) is 1. The molecule has 0 radical (unpaired) electrons. The van der Waals surface area contributed by atoms with Gasteiger partial charge in [-0.2, -0.15) is 0 Å². The molecule has 1 atom stereocenters. The van der Waals surface area contributed by atoms with Crippen LogP contribution in [0.5, 0.6) is 0 Å². The Hall–Kier alpha value is -1.40. The Morgan fingerprint density at radius 1 is 1.47 bits per heavy atom. The van der Waals surface area contributed by atoms with Gasteiger partial charge in [0, 0.05) is 13.1 Å². The predicted octanol–water partition coefficient (Wildman–Crippen LogP) is 1.52. The standard InChI is InChI=1S/C13H18N2O3S/c1-15-6-2-3-9(8-15)7-14-12(16)10-4-5-11(19-10)13(17)18/h4-5,9H,2-3,6-8H2,1H3,(H,14,16)(H,17,18). The molecule has 5 nitrogen and oxygen atoms in total. The molecule has 2 rings (SSSR count). The molecule has 1 aliphatic rings. The lowest BCUT2D eigenvalue weighted by atomic mass is 9.98. The van der Waals surface area contributed by atoms with Crippen LogP contribution < -0.4 is 5.32 Å². The zero-order valence-electron chi connectivity index (χ0n) is 10.9. The molecule has 19 heavy (non-hydrogen) atoms. The fraction of sp³-hybridized carbons (Fsp3) is 0.538. The molecule has 1 amide bonds. The van der Waals surface area contributed by atoms with E-state index in [1.807, 2.05) is 0 Å². The Labute approximate surface area is 116 Å². The topological polar surface area (TPSA) is 69.6 Å². The predicted molar refractivity (Wildman–Crippen MR) is 73.8 cm³/mol. The molecule has 1 fully saturated rings. The zero-order chi connectivity index (χ0) is 13.8. The molecule has 0 bridgehead atoms. The molecular weight excluding hydrogens is 264 g/mol. The summed E-state index contributed by atoms with van der Waals surface area (Å²) in [6.45, 7) is 2.78.